The van der Waals surface area contributed by atoms with Gasteiger partial charge in [0.05, 0.1) is 32.0 Å². The average molecular weight is 295 g/mol. The van der Waals surface area contributed by atoms with Crippen LogP contribution >= 0.6 is 0 Å². The Morgan fingerprint density at radius 2 is 1.71 bits per heavy atom. The van der Waals surface area contributed by atoms with Crippen LogP contribution in [0.3, 0.4) is 0 Å². The van der Waals surface area contributed by atoms with Crippen molar-refractivity contribution in [2.75, 3.05) is 33.0 Å². The molecule has 0 heterocycles. The van der Waals surface area contributed by atoms with Gasteiger partial charge in [-0.3, -0.25) is 0 Å². The van der Waals surface area contributed by atoms with Crippen LogP contribution in [0, 0.1) is 0 Å². The molecule has 0 spiro atoms. The highest BCUT2D eigenvalue weighted by Crippen LogP contribution is 2.18. The summed E-state index contributed by atoms with van der Waals surface area (Å²) in [6, 6.07) is 8.39. The number of likely N-dealkylation sites (N-methyl/N-ethyl adjacent to an activating group) is 1. The van der Waals surface area contributed by atoms with Gasteiger partial charge in [-0.1, -0.05) is 19.1 Å². The first kappa shape index (κ1) is 18.0. The Morgan fingerprint density at radius 3 is 2.29 bits per heavy atom. The third-order valence-electron chi connectivity index (χ3n) is 3.15. The Balaban J connectivity index is 2.55. The SMILES string of the molecule is CCNC(COC(C)COCC)c1ccc(OCC)cc1. The molecule has 0 aliphatic rings. The molecule has 2 atom stereocenters. The Labute approximate surface area is 128 Å². The van der Waals surface area contributed by atoms with Gasteiger partial charge in [0.15, 0.2) is 0 Å². The highest BCUT2D eigenvalue weighted by molar-refractivity contribution is 5.29. The molecule has 21 heavy (non-hydrogen) atoms. The molecule has 0 saturated heterocycles. The smallest absolute Gasteiger partial charge is 0.119 e. The molecule has 0 saturated carbocycles. The summed E-state index contributed by atoms with van der Waals surface area (Å²) in [4.78, 5) is 0. The standard InChI is InChI=1S/C17H29NO3/c1-5-18-17(13-21-14(4)12-19-6-2)15-8-10-16(11-9-15)20-7-3/h8-11,14,17-18H,5-7,12-13H2,1-4H3. The highest BCUT2D eigenvalue weighted by Gasteiger charge is 2.13. The minimum absolute atomic E-state index is 0.105. The van der Waals surface area contributed by atoms with Crippen LogP contribution in [-0.2, 0) is 9.47 Å². The predicted molar refractivity (Wildman–Crippen MR) is 85.9 cm³/mol. The van der Waals surface area contributed by atoms with Crippen molar-refractivity contribution in [1.29, 1.82) is 0 Å². The number of rotatable bonds is 11. The third kappa shape index (κ3) is 6.93. The second-order valence-electron chi connectivity index (χ2n) is 4.92. The molecule has 1 aromatic carbocycles. The van der Waals surface area contributed by atoms with Crippen LogP contribution in [0.15, 0.2) is 24.3 Å². The van der Waals surface area contributed by atoms with E-state index in [1.165, 1.54) is 5.56 Å². The Kier molecular flexibility index (Phi) is 9.06. The fourth-order valence-corrected chi connectivity index (χ4v) is 2.07. The number of ether oxygens (including phenoxy) is 3. The summed E-state index contributed by atoms with van der Waals surface area (Å²) in [5, 5.41) is 3.46. The van der Waals surface area contributed by atoms with E-state index in [4.69, 9.17) is 14.2 Å². The Morgan fingerprint density at radius 1 is 1.00 bits per heavy atom. The lowest BCUT2D eigenvalue weighted by molar-refractivity contribution is -0.0115. The van der Waals surface area contributed by atoms with E-state index in [-0.39, 0.29) is 12.1 Å². The summed E-state index contributed by atoms with van der Waals surface area (Å²) in [7, 11) is 0. The van der Waals surface area contributed by atoms with E-state index in [1.807, 2.05) is 32.9 Å². The van der Waals surface area contributed by atoms with E-state index in [1.54, 1.807) is 0 Å². The second-order valence-corrected chi connectivity index (χ2v) is 4.92. The lowest BCUT2D eigenvalue weighted by atomic mass is 10.1. The number of nitrogens with one attached hydrogen (secondary N) is 1. The van der Waals surface area contributed by atoms with Crippen LogP contribution < -0.4 is 10.1 Å². The Hall–Kier alpha value is -1.10. The first-order chi connectivity index (χ1) is 10.2. The second kappa shape index (κ2) is 10.6. The molecule has 1 aromatic rings. The molecule has 1 N–H and O–H groups in total. The topological polar surface area (TPSA) is 39.7 Å². The number of benzene rings is 1. The summed E-state index contributed by atoms with van der Waals surface area (Å²) in [6.07, 6.45) is 0.105. The molecule has 0 bridgehead atoms. The van der Waals surface area contributed by atoms with Gasteiger partial charge >= 0.3 is 0 Å². The number of hydrogen-bond donors (Lipinski definition) is 1. The van der Waals surface area contributed by atoms with E-state index in [9.17, 15) is 0 Å². The normalized spacial score (nSPS) is 13.9. The van der Waals surface area contributed by atoms with Crippen molar-refractivity contribution in [3.8, 4) is 5.75 Å². The minimum Gasteiger partial charge on any atom is -0.494 e. The molecule has 0 aromatic heterocycles. The van der Waals surface area contributed by atoms with Gasteiger partial charge in [0.25, 0.3) is 0 Å². The van der Waals surface area contributed by atoms with E-state index < -0.39 is 0 Å². The highest BCUT2D eigenvalue weighted by atomic mass is 16.5. The van der Waals surface area contributed by atoms with Gasteiger partial charge in [-0.15, -0.1) is 0 Å². The first-order valence-corrected chi connectivity index (χ1v) is 7.86. The van der Waals surface area contributed by atoms with Crippen LogP contribution in [0.25, 0.3) is 0 Å². The zero-order valence-electron chi connectivity index (χ0n) is 13.7. The lowest BCUT2D eigenvalue weighted by Gasteiger charge is -2.21. The number of hydrogen-bond acceptors (Lipinski definition) is 4. The van der Waals surface area contributed by atoms with Gasteiger partial charge < -0.3 is 19.5 Å². The molecule has 120 valence electrons. The molecule has 4 heteroatoms. The monoisotopic (exact) mass is 295 g/mol. The van der Waals surface area contributed by atoms with Crippen molar-refractivity contribution in [2.24, 2.45) is 0 Å². The summed E-state index contributed by atoms with van der Waals surface area (Å²) in [5.41, 5.74) is 1.21. The maximum absolute atomic E-state index is 5.87. The lowest BCUT2D eigenvalue weighted by Crippen LogP contribution is -2.28. The van der Waals surface area contributed by atoms with Crippen LogP contribution in [-0.4, -0.2) is 39.1 Å². The molecule has 0 radical (unpaired) electrons. The third-order valence-corrected chi connectivity index (χ3v) is 3.15. The summed E-state index contributed by atoms with van der Waals surface area (Å²) >= 11 is 0. The molecule has 0 aliphatic heterocycles. The van der Waals surface area contributed by atoms with Gasteiger partial charge in [-0.2, -0.15) is 0 Å². The maximum atomic E-state index is 5.87. The van der Waals surface area contributed by atoms with E-state index in [2.05, 4.69) is 24.4 Å². The molecular weight excluding hydrogens is 266 g/mol. The van der Waals surface area contributed by atoms with E-state index >= 15 is 0 Å². The van der Waals surface area contributed by atoms with Gasteiger partial charge in [0.1, 0.15) is 5.75 Å². The molecular formula is C17H29NO3. The van der Waals surface area contributed by atoms with Crippen LogP contribution in [0.5, 0.6) is 5.75 Å². The summed E-state index contributed by atoms with van der Waals surface area (Å²) in [5.74, 6) is 0.905. The van der Waals surface area contributed by atoms with Crippen LogP contribution in [0.1, 0.15) is 39.3 Å². The van der Waals surface area contributed by atoms with E-state index in [0.29, 0.717) is 19.8 Å². The van der Waals surface area contributed by atoms with Crippen molar-refractivity contribution >= 4 is 0 Å². The van der Waals surface area contributed by atoms with Crippen molar-refractivity contribution in [2.45, 2.75) is 39.8 Å². The maximum Gasteiger partial charge on any atom is 0.119 e. The fraction of sp³-hybridized carbons (Fsp3) is 0.647. The largest absolute Gasteiger partial charge is 0.494 e. The van der Waals surface area contributed by atoms with Crippen molar-refractivity contribution in [3.05, 3.63) is 29.8 Å². The van der Waals surface area contributed by atoms with Crippen LogP contribution in [0.2, 0.25) is 0 Å². The fourth-order valence-electron chi connectivity index (χ4n) is 2.07. The van der Waals surface area contributed by atoms with Crippen molar-refractivity contribution in [3.63, 3.8) is 0 Å². The summed E-state index contributed by atoms with van der Waals surface area (Å²) < 4.78 is 16.7. The predicted octanol–water partition coefficient (Wildman–Crippen LogP) is 3.18. The molecule has 4 nitrogen and oxygen atoms in total. The molecule has 0 aliphatic carbocycles. The molecule has 2 unspecified atom stereocenters. The van der Waals surface area contributed by atoms with E-state index in [0.717, 1.165) is 18.9 Å². The minimum atomic E-state index is 0.105. The molecule has 0 amide bonds. The molecule has 0 fully saturated rings. The van der Waals surface area contributed by atoms with Crippen molar-refractivity contribution in [1.82, 2.24) is 5.32 Å². The zero-order valence-corrected chi connectivity index (χ0v) is 13.7. The molecule has 1 rings (SSSR count). The average Bonchev–Trinajstić information content (AvgIpc) is 2.50. The van der Waals surface area contributed by atoms with Gasteiger partial charge in [0.2, 0.25) is 0 Å². The summed E-state index contributed by atoms with van der Waals surface area (Å²) in [6.45, 7) is 11.7. The van der Waals surface area contributed by atoms with Gasteiger partial charge in [0, 0.05) is 6.61 Å². The van der Waals surface area contributed by atoms with Crippen molar-refractivity contribution < 1.29 is 14.2 Å². The van der Waals surface area contributed by atoms with Gasteiger partial charge in [-0.25, -0.2) is 0 Å². The quantitative estimate of drug-likeness (QED) is 0.680. The van der Waals surface area contributed by atoms with Crippen LogP contribution in [0.4, 0.5) is 0 Å². The first-order valence-electron chi connectivity index (χ1n) is 7.86. The Bertz CT molecular complexity index is 367. The zero-order chi connectivity index (χ0) is 15.5. The van der Waals surface area contributed by atoms with Gasteiger partial charge in [-0.05, 0) is 45.0 Å².